The van der Waals surface area contributed by atoms with Crippen LogP contribution in [0.4, 0.5) is 0 Å². The Morgan fingerprint density at radius 2 is 1.89 bits per heavy atom. The minimum absolute atomic E-state index is 0.0665. The number of carbonyl (C=O) groups is 1. The van der Waals surface area contributed by atoms with Gasteiger partial charge in [0.25, 0.3) is 0 Å². The van der Waals surface area contributed by atoms with Crippen molar-refractivity contribution < 1.29 is 4.79 Å². The van der Waals surface area contributed by atoms with Crippen LogP contribution in [0.5, 0.6) is 0 Å². The molecule has 1 atom stereocenters. The Morgan fingerprint density at radius 1 is 1.11 bits per heavy atom. The summed E-state index contributed by atoms with van der Waals surface area (Å²) in [6.45, 7) is 3.34. The second kappa shape index (κ2) is 10.1. The van der Waals surface area contributed by atoms with E-state index in [4.69, 9.17) is 23.2 Å². The Kier molecular flexibility index (Phi) is 7.57. The van der Waals surface area contributed by atoms with Gasteiger partial charge in [0, 0.05) is 29.7 Å². The zero-order valence-corrected chi connectivity index (χ0v) is 17.0. The number of benzene rings is 2. The van der Waals surface area contributed by atoms with Crippen LogP contribution in [0.3, 0.4) is 0 Å². The molecule has 1 aliphatic heterocycles. The predicted molar refractivity (Wildman–Crippen MR) is 112 cm³/mol. The van der Waals surface area contributed by atoms with Gasteiger partial charge >= 0.3 is 0 Å². The fraction of sp³-hybridized carbons (Fsp3) is 0.409. The van der Waals surface area contributed by atoms with E-state index in [2.05, 4.69) is 16.3 Å². The summed E-state index contributed by atoms with van der Waals surface area (Å²) in [5, 5.41) is 4.66. The maximum atomic E-state index is 12.5. The zero-order chi connectivity index (χ0) is 19.1. The van der Waals surface area contributed by atoms with Crippen LogP contribution in [-0.2, 0) is 17.8 Å². The number of hydrogen-bond acceptors (Lipinski definition) is 2. The molecule has 2 aromatic rings. The summed E-state index contributed by atoms with van der Waals surface area (Å²) >= 11 is 12.2. The standard InChI is InChI=1S/C22H26Cl2N2O/c23-20-11-9-17(10-12-20)5-3-13-25-22(27)19-7-4-14-26(16-19)15-18-6-1-2-8-21(18)24/h1-2,6,8-12,19H,3-5,7,13-16H2,(H,25,27). The van der Waals surface area contributed by atoms with Crippen molar-refractivity contribution >= 4 is 29.1 Å². The molecule has 0 bridgehead atoms. The monoisotopic (exact) mass is 404 g/mol. The molecule has 1 N–H and O–H groups in total. The number of halogens is 2. The highest BCUT2D eigenvalue weighted by Gasteiger charge is 2.25. The van der Waals surface area contributed by atoms with Crippen molar-refractivity contribution in [1.29, 1.82) is 0 Å². The number of rotatable bonds is 7. The predicted octanol–water partition coefficient (Wildman–Crippen LogP) is 4.95. The molecule has 2 aromatic carbocycles. The van der Waals surface area contributed by atoms with E-state index in [1.165, 1.54) is 5.56 Å². The number of hydrogen-bond donors (Lipinski definition) is 1. The van der Waals surface area contributed by atoms with E-state index < -0.39 is 0 Å². The molecule has 0 aliphatic carbocycles. The molecular formula is C22H26Cl2N2O. The first-order chi connectivity index (χ1) is 13.1. The van der Waals surface area contributed by atoms with Crippen molar-refractivity contribution in [2.45, 2.75) is 32.2 Å². The highest BCUT2D eigenvalue weighted by molar-refractivity contribution is 6.31. The molecule has 27 heavy (non-hydrogen) atoms. The van der Waals surface area contributed by atoms with E-state index in [1.807, 2.05) is 42.5 Å². The summed E-state index contributed by atoms with van der Waals surface area (Å²) in [7, 11) is 0. The molecule has 3 rings (SSSR count). The number of likely N-dealkylation sites (tertiary alicyclic amines) is 1. The molecule has 1 fully saturated rings. The Hall–Kier alpha value is -1.55. The molecule has 0 spiro atoms. The summed E-state index contributed by atoms with van der Waals surface area (Å²) in [5.74, 6) is 0.242. The lowest BCUT2D eigenvalue weighted by atomic mass is 9.96. The molecule has 3 nitrogen and oxygen atoms in total. The van der Waals surface area contributed by atoms with Gasteiger partial charge < -0.3 is 5.32 Å². The van der Waals surface area contributed by atoms with Gasteiger partial charge in [0.2, 0.25) is 5.91 Å². The van der Waals surface area contributed by atoms with E-state index in [9.17, 15) is 4.79 Å². The first kappa shape index (κ1) is 20.2. The summed E-state index contributed by atoms with van der Waals surface area (Å²) in [5.41, 5.74) is 2.38. The van der Waals surface area contributed by atoms with Gasteiger partial charge in [0.05, 0.1) is 5.92 Å². The van der Waals surface area contributed by atoms with Crippen LogP contribution in [-0.4, -0.2) is 30.4 Å². The number of nitrogens with zero attached hydrogens (tertiary/aromatic N) is 1. The lowest BCUT2D eigenvalue weighted by molar-refractivity contribution is -0.126. The molecule has 1 unspecified atom stereocenters. The van der Waals surface area contributed by atoms with Crippen molar-refractivity contribution in [1.82, 2.24) is 10.2 Å². The average Bonchev–Trinajstić information content (AvgIpc) is 2.68. The summed E-state index contributed by atoms with van der Waals surface area (Å²) in [6, 6.07) is 15.8. The van der Waals surface area contributed by atoms with Gasteiger partial charge in [-0.3, -0.25) is 9.69 Å². The molecule has 0 aromatic heterocycles. The van der Waals surface area contributed by atoms with Gasteiger partial charge in [-0.1, -0.05) is 53.5 Å². The first-order valence-electron chi connectivity index (χ1n) is 9.60. The first-order valence-corrected chi connectivity index (χ1v) is 10.4. The second-order valence-electron chi connectivity index (χ2n) is 7.19. The fourth-order valence-electron chi connectivity index (χ4n) is 3.58. The third kappa shape index (κ3) is 6.24. The Balaban J connectivity index is 1.41. The van der Waals surface area contributed by atoms with Crippen LogP contribution in [0.15, 0.2) is 48.5 Å². The molecule has 144 valence electrons. The van der Waals surface area contributed by atoms with Crippen molar-refractivity contribution in [2.24, 2.45) is 5.92 Å². The molecular weight excluding hydrogens is 379 g/mol. The summed E-state index contributed by atoms with van der Waals surface area (Å²) < 4.78 is 0. The molecule has 0 radical (unpaired) electrons. The van der Waals surface area contributed by atoms with Crippen LogP contribution in [0.2, 0.25) is 10.0 Å². The fourth-order valence-corrected chi connectivity index (χ4v) is 3.90. The number of carbonyl (C=O) groups excluding carboxylic acids is 1. The minimum atomic E-state index is 0.0665. The topological polar surface area (TPSA) is 32.3 Å². The van der Waals surface area contributed by atoms with E-state index in [-0.39, 0.29) is 11.8 Å². The lowest BCUT2D eigenvalue weighted by Gasteiger charge is -2.32. The van der Waals surface area contributed by atoms with Gasteiger partial charge in [0.15, 0.2) is 0 Å². The third-order valence-corrected chi connectivity index (χ3v) is 5.70. The van der Waals surface area contributed by atoms with Crippen LogP contribution in [0.25, 0.3) is 0 Å². The van der Waals surface area contributed by atoms with Crippen LogP contribution in [0, 0.1) is 5.92 Å². The van der Waals surface area contributed by atoms with Crippen LogP contribution < -0.4 is 5.32 Å². The molecule has 1 heterocycles. The molecule has 1 saturated heterocycles. The molecule has 5 heteroatoms. The van der Waals surface area contributed by atoms with Crippen molar-refractivity contribution in [3.05, 3.63) is 69.7 Å². The van der Waals surface area contributed by atoms with E-state index in [0.29, 0.717) is 6.54 Å². The van der Waals surface area contributed by atoms with Gasteiger partial charge in [-0.2, -0.15) is 0 Å². The van der Waals surface area contributed by atoms with Crippen molar-refractivity contribution in [3.8, 4) is 0 Å². The summed E-state index contributed by atoms with van der Waals surface area (Å²) in [6.07, 6.45) is 3.89. The van der Waals surface area contributed by atoms with E-state index >= 15 is 0 Å². The van der Waals surface area contributed by atoms with E-state index in [1.54, 1.807) is 0 Å². The Labute approximate surface area is 171 Å². The minimum Gasteiger partial charge on any atom is -0.356 e. The quantitative estimate of drug-likeness (QED) is 0.661. The van der Waals surface area contributed by atoms with Gasteiger partial charge in [-0.15, -0.1) is 0 Å². The maximum Gasteiger partial charge on any atom is 0.224 e. The highest BCUT2D eigenvalue weighted by atomic mass is 35.5. The van der Waals surface area contributed by atoms with Gasteiger partial charge in [-0.25, -0.2) is 0 Å². The molecule has 1 amide bonds. The Morgan fingerprint density at radius 3 is 2.67 bits per heavy atom. The number of amides is 1. The van der Waals surface area contributed by atoms with Crippen molar-refractivity contribution in [2.75, 3.05) is 19.6 Å². The SMILES string of the molecule is O=C(NCCCc1ccc(Cl)cc1)C1CCCN(Cc2ccccc2Cl)C1. The third-order valence-electron chi connectivity index (χ3n) is 5.08. The lowest BCUT2D eigenvalue weighted by Crippen LogP contribution is -2.43. The molecule has 1 aliphatic rings. The second-order valence-corrected chi connectivity index (χ2v) is 8.03. The van der Waals surface area contributed by atoms with Gasteiger partial charge in [0.1, 0.15) is 0 Å². The highest BCUT2D eigenvalue weighted by Crippen LogP contribution is 2.22. The zero-order valence-electron chi connectivity index (χ0n) is 15.5. The number of aryl methyl sites for hydroxylation is 1. The smallest absolute Gasteiger partial charge is 0.224 e. The average molecular weight is 405 g/mol. The molecule has 0 saturated carbocycles. The Bertz CT molecular complexity index is 748. The van der Waals surface area contributed by atoms with Crippen molar-refractivity contribution in [3.63, 3.8) is 0 Å². The largest absolute Gasteiger partial charge is 0.356 e. The van der Waals surface area contributed by atoms with Crippen LogP contribution >= 0.6 is 23.2 Å². The number of piperidine rings is 1. The summed E-state index contributed by atoms with van der Waals surface area (Å²) in [4.78, 5) is 14.9. The maximum absolute atomic E-state index is 12.5. The van der Waals surface area contributed by atoms with E-state index in [0.717, 1.165) is 60.9 Å². The normalized spacial score (nSPS) is 17.6. The number of nitrogens with one attached hydrogen (secondary N) is 1. The van der Waals surface area contributed by atoms with Crippen LogP contribution in [0.1, 0.15) is 30.4 Å². The van der Waals surface area contributed by atoms with Gasteiger partial charge in [-0.05, 0) is 61.6 Å².